The van der Waals surface area contributed by atoms with Gasteiger partial charge in [0.25, 0.3) is 0 Å². The van der Waals surface area contributed by atoms with E-state index in [1.165, 1.54) is 12.8 Å². The highest BCUT2D eigenvalue weighted by Crippen LogP contribution is 2.29. The molecule has 1 aliphatic carbocycles. The van der Waals surface area contributed by atoms with Crippen molar-refractivity contribution in [1.29, 1.82) is 0 Å². The summed E-state index contributed by atoms with van der Waals surface area (Å²) in [5.41, 5.74) is 1.09. The topological polar surface area (TPSA) is 41.0 Å². The minimum absolute atomic E-state index is 0. The highest BCUT2D eigenvalue weighted by Gasteiger charge is 2.21. The molecule has 0 aromatic carbocycles. The number of hydrogen-bond donors (Lipinski definition) is 0. The van der Waals surface area contributed by atoms with Gasteiger partial charge in [0.15, 0.2) is 5.96 Å². The molecule has 1 aliphatic rings. The molecule has 0 spiro atoms. The maximum absolute atomic E-state index is 5.62. The predicted molar refractivity (Wildman–Crippen MR) is 96.4 cm³/mol. The fraction of sp³-hybridized carbons (Fsp3) is 0.600. The van der Waals surface area contributed by atoms with Gasteiger partial charge in [-0.2, -0.15) is 0 Å². The molecular formula is C15H25IN4O. The average molecular weight is 404 g/mol. The maximum atomic E-state index is 5.62. The van der Waals surface area contributed by atoms with Crippen LogP contribution in [0, 0.1) is 5.92 Å². The third kappa shape index (κ3) is 6.07. The Hall–Kier alpha value is -1.05. The van der Waals surface area contributed by atoms with Crippen LogP contribution in [0.2, 0.25) is 0 Å². The summed E-state index contributed by atoms with van der Waals surface area (Å²) < 4.78 is 5.62. The molecule has 0 saturated heterocycles. The van der Waals surface area contributed by atoms with E-state index in [9.17, 15) is 0 Å². The van der Waals surface area contributed by atoms with Crippen molar-refractivity contribution < 1.29 is 4.74 Å². The predicted octanol–water partition coefficient (Wildman–Crippen LogP) is 2.47. The van der Waals surface area contributed by atoms with E-state index in [2.05, 4.69) is 9.98 Å². The van der Waals surface area contributed by atoms with Gasteiger partial charge in [-0.25, -0.2) is 9.98 Å². The van der Waals surface area contributed by atoms with E-state index in [1.807, 2.05) is 56.3 Å². The van der Waals surface area contributed by atoms with E-state index in [0.29, 0.717) is 12.4 Å². The molecule has 0 atom stereocenters. The molecule has 0 amide bonds. The van der Waals surface area contributed by atoms with Gasteiger partial charge in [0, 0.05) is 40.5 Å². The maximum Gasteiger partial charge on any atom is 0.213 e. The summed E-state index contributed by atoms with van der Waals surface area (Å²) in [5.74, 6) is 2.41. The fourth-order valence-corrected chi connectivity index (χ4v) is 1.92. The van der Waals surface area contributed by atoms with Crippen LogP contribution in [0.15, 0.2) is 23.3 Å². The van der Waals surface area contributed by atoms with Gasteiger partial charge in [-0.3, -0.25) is 0 Å². The Balaban J connectivity index is 0.00000220. The smallest absolute Gasteiger partial charge is 0.213 e. The average Bonchev–Trinajstić information content (AvgIpc) is 3.21. The Morgan fingerprint density at radius 2 is 1.90 bits per heavy atom. The summed E-state index contributed by atoms with van der Waals surface area (Å²) in [6, 6.07) is 3.96. The van der Waals surface area contributed by atoms with Crippen LogP contribution in [0.5, 0.6) is 5.88 Å². The summed E-state index contributed by atoms with van der Waals surface area (Å²) in [6.07, 6.45) is 4.43. The monoisotopic (exact) mass is 404 g/mol. The first-order chi connectivity index (χ1) is 9.56. The molecular weight excluding hydrogens is 379 g/mol. The van der Waals surface area contributed by atoms with Gasteiger partial charge in [0.2, 0.25) is 5.88 Å². The Kier molecular flexibility index (Phi) is 7.21. The number of halogens is 1. The Morgan fingerprint density at radius 1 is 1.24 bits per heavy atom. The summed E-state index contributed by atoms with van der Waals surface area (Å²) in [4.78, 5) is 12.9. The van der Waals surface area contributed by atoms with E-state index in [-0.39, 0.29) is 24.0 Å². The molecule has 0 aliphatic heterocycles. The lowest BCUT2D eigenvalue weighted by Gasteiger charge is -2.22. The molecule has 0 bridgehead atoms. The number of aliphatic imine (C=N–C) groups is 1. The van der Waals surface area contributed by atoms with E-state index in [4.69, 9.17) is 4.74 Å². The van der Waals surface area contributed by atoms with Crippen LogP contribution in [-0.2, 0) is 6.54 Å². The largest absolute Gasteiger partial charge is 0.477 e. The standard InChI is InChI=1S/C15H24N4O.HI/c1-18(2)15(19(3)4)17-10-13-7-8-14(16-9-13)20-11-12-5-6-12;/h7-9,12H,5-6,10-11H2,1-4H3;1H. The van der Waals surface area contributed by atoms with E-state index >= 15 is 0 Å². The van der Waals surface area contributed by atoms with Crippen molar-refractivity contribution in [3.8, 4) is 5.88 Å². The molecule has 1 aromatic heterocycles. The molecule has 21 heavy (non-hydrogen) atoms. The van der Waals surface area contributed by atoms with Gasteiger partial charge in [-0.1, -0.05) is 6.07 Å². The van der Waals surface area contributed by atoms with Gasteiger partial charge in [-0.15, -0.1) is 24.0 Å². The molecule has 1 saturated carbocycles. The van der Waals surface area contributed by atoms with Crippen molar-refractivity contribution in [2.24, 2.45) is 10.9 Å². The number of pyridine rings is 1. The Bertz CT molecular complexity index is 445. The second kappa shape index (κ2) is 8.41. The molecule has 1 heterocycles. The molecule has 0 N–H and O–H groups in total. The van der Waals surface area contributed by atoms with Crippen molar-refractivity contribution >= 4 is 29.9 Å². The van der Waals surface area contributed by atoms with E-state index in [1.54, 1.807) is 0 Å². The van der Waals surface area contributed by atoms with E-state index in [0.717, 1.165) is 24.0 Å². The first-order valence-electron chi connectivity index (χ1n) is 7.03. The molecule has 5 nitrogen and oxygen atoms in total. The first kappa shape index (κ1) is 18.0. The highest BCUT2D eigenvalue weighted by atomic mass is 127. The molecule has 0 radical (unpaired) electrons. The molecule has 2 rings (SSSR count). The minimum Gasteiger partial charge on any atom is -0.477 e. The highest BCUT2D eigenvalue weighted by molar-refractivity contribution is 14.0. The van der Waals surface area contributed by atoms with Gasteiger partial charge in [0.05, 0.1) is 13.2 Å². The van der Waals surface area contributed by atoms with E-state index < -0.39 is 0 Å². The van der Waals surface area contributed by atoms with Crippen LogP contribution in [0.3, 0.4) is 0 Å². The second-order valence-electron chi connectivity index (χ2n) is 5.66. The van der Waals surface area contributed by atoms with Crippen molar-refractivity contribution in [3.05, 3.63) is 23.9 Å². The first-order valence-corrected chi connectivity index (χ1v) is 7.03. The zero-order valence-electron chi connectivity index (χ0n) is 13.2. The number of rotatable bonds is 5. The number of nitrogens with zero attached hydrogens (tertiary/aromatic N) is 4. The third-order valence-corrected chi connectivity index (χ3v) is 3.16. The zero-order chi connectivity index (χ0) is 14.5. The lowest BCUT2D eigenvalue weighted by atomic mass is 10.3. The summed E-state index contributed by atoms with van der Waals surface area (Å²) >= 11 is 0. The molecule has 0 unspecified atom stereocenters. The van der Waals surface area contributed by atoms with Crippen molar-refractivity contribution in [2.45, 2.75) is 19.4 Å². The minimum atomic E-state index is 0. The third-order valence-electron chi connectivity index (χ3n) is 3.16. The van der Waals surface area contributed by atoms with Gasteiger partial charge < -0.3 is 14.5 Å². The quantitative estimate of drug-likeness (QED) is 0.430. The summed E-state index contributed by atoms with van der Waals surface area (Å²) in [6.45, 7) is 1.43. The lowest BCUT2D eigenvalue weighted by molar-refractivity contribution is 0.288. The molecule has 1 fully saturated rings. The van der Waals surface area contributed by atoms with Crippen LogP contribution in [0.25, 0.3) is 0 Å². The number of aromatic nitrogens is 1. The second-order valence-corrected chi connectivity index (χ2v) is 5.66. The van der Waals surface area contributed by atoms with Crippen LogP contribution in [-0.4, -0.2) is 55.5 Å². The van der Waals surface area contributed by atoms with Crippen molar-refractivity contribution in [3.63, 3.8) is 0 Å². The van der Waals surface area contributed by atoms with Crippen LogP contribution >= 0.6 is 24.0 Å². The summed E-state index contributed by atoms with van der Waals surface area (Å²) in [7, 11) is 7.97. The van der Waals surface area contributed by atoms with Crippen molar-refractivity contribution in [2.75, 3.05) is 34.8 Å². The number of hydrogen-bond acceptors (Lipinski definition) is 3. The van der Waals surface area contributed by atoms with Gasteiger partial charge in [0.1, 0.15) is 0 Å². The van der Waals surface area contributed by atoms with Crippen LogP contribution in [0.1, 0.15) is 18.4 Å². The number of guanidine groups is 1. The van der Waals surface area contributed by atoms with Crippen LogP contribution in [0.4, 0.5) is 0 Å². The lowest BCUT2D eigenvalue weighted by Crippen LogP contribution is -2.35. The van der Waals surface area contributed by atoms with Gasteiger partial charge in [-0.05, 0) is 24.3 Å². The molecule has 1 aromatic rings. The summed E-state index contributed by atoms with van der Waals surface area (Å²) in [5, 5.41) is 0. The van der Waals surface area contributed by atoms with Crippen LogP contribution < -0.4 is 4.74 Å². The SMILES string of the molecule is CN(C)C(=NCc1ccc(OCC2CC2)nc1)N(C)C.I. The zero-order valence-corrected chi connectivity index (χ0v) is 15.6. The normalized spacial score (nSPS) is 13.1. The van der Waals surface area contributed by atoms with Crippen molar-refractivity contribution in [1.82, 2.24) is 14.8 Å². The fourth-order valence-electron chi connectivity index (χ4n) is 1.92. The Morgan fingerprint density at radius 3 is 2.38 bits per heavy atom. The molecule has 118 valence electrons. The number of ether oxygens (including phenoxy) is 1. The van der Waals surface area contributed by atoms with Gasteiger partial charge >= 0.3 is 0 Å². The molecule has 6 heteroatoms. The Labute approximate surface area is 144 Å².